The van der Waals surface area contributed by atoms with E-state index in [9.17, 15) is 1.37 Å². The normalized spacial score (nSPS) is 13.6. The molecule has 0 saturated heterocycles. The van der Waals surface area contributed by atoms with E-state index in [1.807, 2.05) is 109 Å². The van der Waals surface area contributed by atoms with E-state index < -0.39 is 42.3 Å². The van der Waals surface area contributed by atoms with Gasteiger partial charge in [0.2, 0.25) is 0 Å². The molecule has 10 aromatic rings. The minimum Gasteiger partial charge on any atom is -0.308 e. The smallest absolute Gasteiger partial charge is 0.164 e. The third-order valence-electron chi connectivity index (χ3n) is 9.71. The van der Waals surface area contributed by atoms with Crippen LogP contribution in [-0.4, -0.2) is 19.5 Å². The molecule has 55 heavy (non-hydrogen) atoms. The molecule has 0 aliphatic heterocycles. The van der Waals surface area contributed by atoms with Crippen LogP contribution in [0.1, 0.15) is 12.3 Å². The maximum Gasteiger partial charge on any atom is 0.164 e. The molecule has 0 bridgehead atoms. The predicted molar refractivity (Wildman–Crippen MR) is 227 cm³/mol. The van der Waals surface area contributed by atoms with Crippen LogP contribution in [0.2, 0.25) is 0 Å². The van der Waals surface area contributed by atoms with Crippen LogP contribution in [0.15, 0.2) is 206 Å². The zero-order valence-corrected chi connectivity index (χ0v) is 29.2. The number of para-hydroxylation sites is 3. The molecule has 0 amide bonds. The maximum atomic E-state index is 9.22. The van der Waals surface area contributed by atoms with Gasteiger partial charge in [0.1, 0.15) is 0 Å². The molecular weight excluding hydrogens is 669 g/mol. The van der Waals surface area contributed by atoms with Crippen molar-refractivity contribution in [1.82, 2.24) is 19.5 Å². The zero-order chi connectivity index (χ0) is 44.4. The maximum absolute atomic E-state index is 9.22. The van der Waals surface area contributed by atoms with Gasteiger partial charge in [-0.25, -0.2) is 15.0 Å². The van der Waals surface area contributed by atoms with E-state index >= 15 is 0 Å². The summed E-state index contributed by atoms with van der Waals surface area (Å²) in [5.74, 6) is 1.51. The Labute approximate surface area is 332 Å². The first-order valence-corrected chi connectivity index (χ1v) is 17.8. The van der Waals surface area contributed by atoms with Gasteiger partial charge in [-0.2, -0.15) is 0 Å². The lowest BCUT2D eigenvalue weighted by Crippen LogP contribution is -2.00. The summed E-state index contributed by atoms with van der Waals surface area (Å²) >= 11 is 0. The fourth-order valence-electron chi connectivity index (χ4n) is 7.10. The molecule has 0 N–H and O–H groups in total. The molecule has 0 atom stereocenters. The second-order valence-electron chi connectivity index (χ2n) is 13.0. The van der Waals surface area contributed by atoms with Crippen molar-refractivity contribution in [3.63, 3.8) is 0 Å². The van der Waals surface area contributed by atoms with Crippen LogP contribution in [0, 0.1) is 0 Å². The van der Waals surface area contributed by atoms with Crippen LogP contribution >= 0.6 is 0 Å². The quantitative estimate of drug-likeness (QED) is 0.165. The van der Waals surface area contributed by atoms with Crippen LogP contribution in [0.25, 0.3) is 95.0 Å². The Kier molecular flexibility index (Phi) is 6.04. The van der Waals surface area contributed by atoms with Crippen molar-refractivity contribution >= 4 is 21.8 Å². The van der Waals surface area contributed by atoms with E-state index in [-0.39, 0.29) is 34.1 Å². The number of aromatic nitrogens is 4. The van der Waals surface area contributed by atoms with Gasteiger partial charge in [-0.3, -0.25) is 0 Å². The fraction of sp³-hybridized carbons (Fsp3) is 0. The Bertz CT molecular complexity index is 3440. The van der Waals surface area contributed by atoms with Gasteiger partial charge in [0.15, 0.2) is 17.5 Å². The number of nitrogens with zero attached hydrogens (tertiary/aromatic N) is 4. The highest BCUT2D eigenvalue weighted by molar-refractivity contribution is 6.14. The minimum atomic E-state index is -0.526. The van der Waals surface area contributed by atoms with Crippen molar-refractivity contribution in [1.29, 1.82) is 0 Å². The van der Waals surface area contributed by atoms with Crippen molar-refractivity contribution in [3.8, 4) is 73.2 Å². The number of fused-ring (bicyclic) bond motifs is 3. The van der Waals surface area contributed by atoms with Crippen LogP contribution in [0.5, 0.6) is 0 Å². The zero-order valence-electron chi connectivity index (χ0n) is 38.2. The molecular formula is C51H34N4. The highest BCUT2D eigenvalue weighted by Gasteiger charge is 2.19. The van der Waals surface area contributed by atoms with Gasteiger partial charge in [0.05, 0.1) is 29.1 Å². The molecule has 2 aromatic heterocycles. The molecule has 0 saturated carbocycles. The van der Waals surface area contributed by atoms with Crippen LogP contribution < -0.4 is 0 Å². The summed E-state index contributed by atoms with van der Waals surface area (Å²) in [6.07, 6.45) is 0. The number of hydrogen-bond acceptors (Lipinski definition) is 3. The van der Waals surface area contributed by atoms with Gasteiger partial charge >= 0.3 is 0 Å². The molecule has 2 heterocycles. The van der Waals surface area contributed by atoms with E-state index in [2.05, 4.69) is 24.3 Å². The molecule has 0 unspecified atom stereocenters. The lowest BCUT2D eigenvalue weighted by Gasteiger charge is -2.16. The number of hydrogen-bond donors (Lipinski definition) is 0. The van der Waals surface area contributed by atoms with E-state index in [0.717, 1.165) is 33.4 Å². The van der Waals surface area contributed by atoms with E-state index in [1.165, 1.54) is 0 Å². The molecule has 0 aliphatic carbocycles. The van der Waals surface area contributed by atoms with E-state index in [0.29, 0.717) is 39.6 Å². The largest absolute Gasteiger partial charge is 0.308 e. The second kappa shape index (κ2) is 13.8. The van der Waals surface area contributed by atoms with Gasteiger partial charge in [-0.15, -0.1) is 0 Å². The highest BCUT2D eigenvalue weighted by atomic mass is 15.0. The van der Waals surface area contributed by atoms with Crippen molar-refractivity contribution in [2.45, 2.75) is 0 Å². The summed E-state index contributed by atoms with van der Waals surface area (Å²) in [6.45, 7) is 0. The summed E-state index contributed by atoms with van der Waals surface area (Å²) in [6, 6.07) is 44.6. The molecule has 4 heteroatoms. The molecule has 0 aliphatic rings. The van der Waals surface area contributed by atoms with E-state index in [1.54, 1.807) is 22.8 Å². The first-order chi connectivity index (χ1) is 31.0. The van der Waals surface area contributed by atoms with Gasteiger partial charge in [-0.05, 0) is 34.4 Å². The number of benzene rings is 8. The average molecular weight is 712 g/mol. The Hall–Kier alpha value is -7.43. The Morgan fingerprint density at radius 2 is 0.836 bits per heavy atom. The topological polar surface area (TPSA) is 43.6 Å². The van der Waals surface area contributed by atoms with Crippen LogP contribution in [0.3, 0.4) is 0 Å². The molecule has 0 spiro atoms. The monoisotopic (exact) mass is 711 g/mol. The van der Waals surface area contributed by atoms with Gasteiger partial charge in [0, 0.05) is 38.6 Å². The van der Waals surface area contributed by atoms with Gasteiger partial charge in [-0.1, -0.05) is 194 Å². The molecule has 0 radical (unpaired) electrons. The third-order valence-corrected chi connectivity index (χ3v) is 9.71. The van der Waals surface area contributed by atoms with Gasteiger partial charge in [0.25, 0.3) is 0 Å². The van der Waals surface area contributed by atoms with Crippen LogP contribution in [-0.2, 0) is 0 Å². The predicted octanol–water partition coefficient (Wildman–Crippen LogP) is 13.0. The number of rotatable bonds is 7. The SMILES string of the molecule is [2H]c1c([2H])c([2H])c(-c2cccc3c4c([2H])c([2H])c([2H])c([2H])c4n(-c4ccccc4-c4ccc(-c5nc(-c6ccccc6)nc(-c6ccc(-c7ccccc7)cc6)n5)cc4)c23)c([2H])c1[2H]. The van der Waals surface area contributed by atoms with Crippen molar-refractivity contribution < 1.29 is 12.3 Å². The Balaban J connectivity index is 1.15. The Morgan fingerprint density at radius 3 is 1.51 bits per heavy atom. The summed E-state index contributed by atoms with van der Waals surface area (Å²) in [5, 5.41) is 0.681. The average Bonchev–Trinajstić information content (AvgIpc) is 3.70. The Morgan fingerprint density at radius 1 is 0.345 bits per heavy atom. The summed E-state index contributed by atoms with van der Waals surface area (Å²) in [5.41, 5.74) is 7.40. The molecule has 10 rings (SSSR count). The van der Waals surface area contributed by atoms with Gasteiger partial charge < -0.3 is 4.57 Å². The minimum absolute atomic E-state index is 0.0449. The van der Waals surface area contributed by atoms with E-state index in [4.69, 9.17) is 25.9 Å². The van der Waals surface area contributed by atoms with Crippen molar-refractivity contribution in [2.75, 3.05) is 0 Å². The molecule has 258 valence electrons. The lowest BCUT2D eigenvalue weighted by molar-refractivity contribution is 1.07. The second-order valence-corrected chi connectivity index (χ2v) is 13.0. The van der Waals surface area contributed by atoms with Crippen molar-refractivity contribution in [3.05, 3.63) is 206 Å². The summed E-state index contributed by atoms with van der Waals surface area (Å²) in [7, 11) is 0. The lowest BCUT2D eigenvalue weighted by atomic mass is 10.00. The highest BCUT2D eigenvalue weighted by Crippen LogP contribution is 2.40. The first-order valence-electron chi connectivity index (χ1n) is 22.3. The van der Waals surface area contributed by atoms with Crippen molar-refractivity contribution in [2.24, 2.45) is 0 Å². The summed E-state index contributed by atoms with van der Waals surface area (Å²) < 4.78 is 80.4. The fourth-order valence-corrected chi connectivity index (χ4v) is 7.10. The molecule has 4 nitrogen and oxygen atoms in total. The first kappa shape index (κ1) is 24.0. The molecule has 8 aromatic carbocycles. The van der Waals surface area contributed by atoms with Crippen LogP contribution in [0.4, 0.5) is 0 Å². The molecule has 0 fully saturated rings. The summed E-state index contributed by atoms with van der Waals surface area (Å²) in [4.78, 5) is 14.8. The third kappa shape index (κ3) is 5.96. The standard InChI is InChI=1S/C51H34N4/c1-4-15-35(16-5-1)36-27-31-40(32-28-36)50-52-49(39-19-8-3-9-20-39)53-51(54-50)41-33-29-38(30-34-41)42-21-10-12-25-46(42)55-47-26-13-11-22-44(47)45-24-14-23-43(48(45)55)37-17-6-2-7-18-37/h1-34H/i2D,6D,7D,11D,13D,17D,18D,22D,26D.